The Morgan fingerprint density at radius 3 is 2.35 bits per heavy atom. The highest BCUT2D eigenvalue weighted by molar-refractivity contribution is 5.90. The van der Waals surface area contributed by atoms with Gasteiger partial charge in [0, 0.05) is 30.6 Å². The van der Waals surface area contributed by atoms with Gasteiger partial charge in [-0.05, 0) is 38.0 Å². The highest BCUT2D eigenvalue weighted by Crippen LogP contribution is 2.39. The molecule has 0 radical (unpaired) electrons. The van der Waals surface area contributed by atoms with Crippen LogP contribution in [0.5, 0.6) is 17.2 Å². The van der Waals surface area contributed by atoms with E-state index in [1.165, 1.54) is 21.3 Å². The molecule has 0 aliphatic heterocycles. The molecule has 0 saturated heterocycles. The molecule has 0 aliphatic carbocycles. The number of rotatable bonds is 8. The lowest BCUT2D eigenvalue weighted by molar-refractivity contribution is 0.252. The first kappa shape index (κ1) is 21.9. The summed E-state index contributed by atoms with van der Waals surface area (Å²) >= 11 is 0. The van der Waals surface area contributed by atoms with Gasteiger partial charge >= 0.3 is 6.03 Å². The lowest BCUT2D eigenvalue weighted by Gasteiger charge is -2.15. The van der Waals surface area contributed by atoms with Crippen LogP contribution in [0.25, 0.3) is 5.82 Å². The molecule has 3 rings (SSSR count). The van der Waals surface area contributed by atoms with E-state index >= 15 is 0 Å². The zero-order chi connectivity index (χ0) is 22.4. The van der Waals surface area contributed by atoms with Crippen molar-refractivity contribution >= 4 is 11.7 Å². The zero-order valence-corrected chi connectivity index (χ0v) is 18.4. The molecule has 9 heteroatoms. The molecule has 3 aromatic rings. The minimum absolute atomic E-state index is 0.332. The van der Waals surface area contributed by atoms with E-state index in [1.54, 1.807) is 18.3 Å². The fourth-order valence-electron chi connectivity index (χ4n) is 3.37. The molecule has 31 heavy (non-hydrogen) atoms. The van der Waals surface area contributed by atoms with Gasteiger partial charge in [-0.15, -0.1) is 0 Å². The zero-order valence-electron chi connectivity index (χ0n) is 18.4. The smallest absolute Gasteiger partial charge is 0.319 e. The molecular formula is C22H27N5O4. The van der Waals surface area contributed by atoms with E-state index in [1.807, 2.05) is 36.7 Å². The minimum Gasteiger partial charge on any atom is -0.493 e. The van der Waals surface area contributed by atoms with Gasteiger partial charge in [-0.1, -0.05) is 6.07 Å². The quantitative estimate of drug-likeness (QED) is 0.575. The molecule has 0 saturated carbocycles. The summed E-state index contributed by atoms with van der Waals surface area (Å²) in [7, 11) is 4.58. The second-order valence-corrected chi connectivity index (χ2v) is 6.79. The molecule has 9 nitrogen and oxygen atoms in total. The van der Waals surface area contributed by atoms with Gasteiger partial charge in [0.2, 0.25) is 5.75 Å². The lowest BCUT2D eigenvalue weighted by Crippen LogP contribution is -2.30. The number of aromatic nitrogens is 3. The Bertz CT molecular complexity index is 1020. The van der Waals surface area contributed by atoms with Crippen LogP contribution < -0.4 is 24.8 Å². The number of hydrogen-bond donors (Lipinski definition) is 2. The number of methoxy groups -OCH3 is 3. The summed E-state index contributed by atoms with van der Waals surface area (Å²) < 4.78 is 17.7. The van der Waals surface area contributed by atoms with Crippen LogP contribution in [0.4, 0.5) is 10.5 Å². The summed E-state index contributed by atoms with van der Waals surface area (Å²) in [6.07, 6.45) is 2.38. The number of anilines is 1. The molecule has 2 heterocycles. The van der Waals surface area contributed by atoms with Crippen LogP contribution in [0.2, 0.25) is 0 Å². The van der Waals surface area contributed by atoms with E-state index in [0.717, 1.165) is 22.8 Å². The summed E-state index contributed by atoms with van der Waals surface area (Å²) in [5.74, 6) is 2.16. The molecule has 2 aromatic heterocycles. The summed E-state index contributed by atoms with van der Waals surface area (Å²) in [5, 5.41) is 10.3. The van der Waals surface area contributed by atoms with Crippen molar-refractivity contribution in [1.82, 2.24) is 20.1 Å². The molecule has 0 unspecified atom stereocenters. The second kappa shape index (κ2) is 9.84. The maximum Gasteiger partial charge on any atom is 0.319 e. The van der Waals surface area contributed by atoms with E-state index in [9.17, 15) is 4.79 Å². The predicted octanol–water partition coefficient (Wildman–Crippen LogP) is 3.27. The summed E-state index contributed by atoms with van der Waals surface area (Å²) in [6, 6.07) is 8.71. The molecule has 164 valence electrons. The summed E-state index contributed by atoms with van der Waals surface area (Å²) in [6.45, 7) is 4.41. The number of hydrogen-bond acceptors (Lipinski definition) is 6. The molecular weight excluding hydrogens is 398 g/mol. The van der Waals surface area contributed by atoms with Crippen LogP contribution in [0.1, 0.15) is 17.0 Å². The van der Waals surface area contributed by atoms with Crippen molar-refractivity contribution in [2.24, 2.45) is 0 Å². The van der Waals surface area contributed by atoms with Gasteiger partial charge < -0.3 is 24.8 Å². The highest BCUT2D eigenvalue weighted by Gasteiger charge is 2.16. The number of benzene rings is 1. The Labute approximate surface area is 181 Å². The Morgan fingerprint density at radius 1 is 1.06 bits per heavy atom. The van der Waals surface area contributed by atoms with Crippen LogP contribution in [0.15, 0.2) is 36.5 Å². The van der Waals surface area contributed by atoms with Crippen LogP contribution in [-0.2, 0) is 6.42 Å². The number of carbonyl (C=O) groups is 1. The first-order valence-corrected chi connectivity index (χ1v) is 9.79. The molecule has 1 aromatic carbocycles. The maximum absolute atomic E-state index is 12.4. The average molecular weight is 425 g/mol. The predicted molar refractivity (Wildman–Crippen MR) is 118 cm³/mol. The van der Waals surface area contributed by atoms with Gasteiger partial charge in [-0.25, -0.2) is 14.5 Å². The number of ether oxygens (including phenoxy) is 3. The van der Waals surface area contributed by atoms with E-state index in [4.69, 9.17) is 14.2 Å². The number of nitrogens with one attached hydrogen (secondary N) is 2. The average Bonchev–Trinajstić information content (AvgIpc) is 3.07. The maximum atomic E-state index is 12.4. The molecule has 0 atom stereocenters. The lowest BCUT2D eigenvalue weighted by atomic mass is 10.1. The van der Waals surface area contributed by atoms with Gasteiger partial charge in [-0.3, -0.25) is 0 Å². The second-order valence-electron chi connectivity index (χ2n) is 6.79. The molecule has 2 amide bonds. The largest absolute Gasteiger partial charge is 0.493 e. The van der Waals surface area contributed by atoms with Crippen molar-refractivity contribution in [2.75, 3.05) is 33.2 Å². The van der Waals surface area contributed by atoms with Crippen molar-refractivity contribution in [3.8, 4) is 23.1 Å². The number of amides is 2. The molecule has 0 bridgehead atoms. The van der Waals surface area contributed by atoms with Crippen molar-refractivity contribution in [2.45, 2.75) is 20.3 Å². The monoisotopic (exact) mass is 425 g/mol. The van der Waals surface area contributed by atoms with Crippen LogP contribution in [0, 0.1) is 13.8 Å². The Kier molecular flexibility index (Phi) is 6.96. The Morgan fingerprint density at radius 2 is 1.77 bits per heavy atom. The van der Waals surface area contributed by atoms with E-state index < -0.39 is 0 Å². The standard InChI is InChI=1S/C22H27N5O4/c1-14-17(15(2)27(26-14)20-8-6-7-10-23-20)9-11-24-22(28)25-16-12-18(29-3)21(31-5)19(13-16)30-4/h6-8,10,12-13H,9,11H2,1-5H3,(H2,24,25,28). The van der Waals surface area contributed by atoms with E-state index in [0.29, 0.717) is 35.9 Å². The van der Waals surface area contributed by atoms with Crippen molar-refractivity contribution in [1.29, 1.82) is 0 Å². The topological polar surface area (TPSA) is 99.5 Å². The fourth-order valence-corrected chi connectivity index (χ4v) is 3.37. The van der Waals surface area contributed by atoms with Crippen LogP contribution in [0.3, 0.4) is 0 Å². The van der Waals surface area contributed by atoms with Crippen molar-refractivity contribution < 1.29 is 19.0 Å². The summed E-state index contributed by atoms with van der Waals surface area (Å²) in [5.41, 5.74) is 3.53. The van der Waals surface area contributed by atoms with E-state index in [2.05, 4.69) is 20.7 Å². The van der Waals surface area contributed by atoms with Crippen LogP contribution >= 0.6 is 0 Å². The van der Waals surface area contributed by atoms with Gasteiger partial charge in [0.15, 0.2) is 17.3 Å². The molecule has 0 spiro atoms. The summed E-state index contributed by atoms with van der Waals surface area (Å²) in [4.78, 5) is 16.7. The first-order chi connectivity index (χ1) is 15.0. The molecule has 2 N–H and O–H groups in total. The minimum atomic E-state index is -0.332. The number of aryl methyl sites for hydroxylation is 1. The Balaban J connectivity index is 1.63. The van der Waals surface area contributed by atoms with Crippen LogP contribution in [-0.4, -0.2) is 48.7 Å². The number of urea groups is 1. The van der Waals surface area contributed by atoms with Crippen molar-refractivity contribution in [3.05, 3.63) is 53.5 Å². The SMILES string of the molecule is COc1cc(NC(=O)NCCc2c(C)nn(-c3ccccn3)c2C)cc(OC)c1OC. The third-order valence-electron chi connectivity index (χ3n) is 4.89. The molecule has 0 fully saturated rings. The third kappa shape index (κ3) is 4.88. The third-order valence-corrected chi connectivity index (χ3v) is 4.89. The highest BCUT2D eigenvalue weighted by atomic mass is 16.5. The van der Waals surface area contributed by atoms with E-state index in [-0.39, 0.29) is 6.03 Å². The van der Waals surface area contributed by atoms with Gasteiger partial charge in [0.25, 0.3) is 0 Å². The normalized spacial score (nSPS) is 10.5. The molecule has 0 aliphatic rings. The number of nitrogens with zero attached hydrogens (tertiary/aromatic N) is 3. The fraction of sp³-hybridized carbons (Fsp3) is 0.318. The van der Waals surface area contributed by atoms with Gasteiger partial charge in [-0.2, -0.15) is 5.10 Å². The number of pyridine rings is 1. The van der Waals surface area contributed by atoms with Gasteiger partial charge in [0.05, 0.1) is 32.7 Å². The van der Waals surface area contributed by atoms with Gasteiger partial charge in [0.1, 0.15) is 0 Å². The first-order valence-electron chi connectivity index (χ1n) is 9.79. The Hall–Kier alpha value is -3.75. The van der Waals surface area contributed by atoms with Crippen molar-refractivity contribution in [3.63, 3.8) is 0 Å². The number of carbonyl (C=O) groups excluding carboxylic acids is 1.